The van der Waals surface area contributed by atoms with Gasteiger partial charge in [-0.2, -0.15) is 4.98 Å². The summed E-state index contributed by atoms with van der Waals surface area (Å²) in [6, 6.07) is 15.1. The van der Waals surface area contributed by atoms with Gasteiger partial charge >= 0.3 is 0 Å². The summed E-state index contributed by atoms with van der Waals surface area (Å²) in [6.45, 7) is 1.24. The number of hydrogen-bond acceptors (Lipinski definition) is 4. The van der Waals surface area contributed by atoms with Crippen LogP contribution in [0.5, 0.6) is 0 Å². The topological polar surface area (TPSA) is 42.2 Å². The van der Waals surface area contributed by atoms with Crippen LogP contribution in [-0.2, 0) is 13.1 Å². The van der Waals surface area contributed by atoms with E-state index >= 15 is 0 Å². The fourth-order valence-corrected chi connectivity index (χ4v) is 2.65. The van der Waals surface area contributed by atoms with Gasteiger partial charge in [0.2, 0.25) is 11.7 Å². The summed E-state index contributed by atoms with van der Waals surface area (Å²) < 4.78 is 5.32. The van der Waals surface area contributed by atoms with E-state index in [0.29, 0.717) is 29.8 Å². The Kier molecular flexibility index (Phi) is 4.96. The van der Waals surface area contributed by atoms with Crippen LogP contribution < -0.4 is 0 Å². The monoisotopic (exact) mass is 347 g/mol. The van der Waals surface area contributed by atoms with Crippen molar-refractivity contribution in [2.75, 3.05) is 7.05 Å². The third-order valence-electron chi connectivity index (χ3n) is 3.35. The van der Waals surface area contributed by atoms with Crippen LogP contribution in [0, 0.1) is 0 Å². The van der Waals surface area contributed by atoms with Gasteiger partial charge < -0.3 is 4.52 Å². The van der Waals surface area contributed by atoms with Crippen molar-refractivity contribution in [1.82, 2.24) is 15.0 Å². The molecule has 1 aromatic heterocycles. The summed E-state index contributed by atoms with van der Waals surface area (Å²) in [7, 11) is 1.98. The molecule has 3 rings (SSSR count). The van der Waals surface area contributed by atoms with Gasteiger partial charge in [0.05, 0.1) is 6.54 Å². The molecule has 2 aromatic carbocycles. The predicted molar refractivity (Wildman–Crippen MR) is 91.4 cm³/mol. The van der Waals surface area contributed by atoms with E-state index in [-0.39, 0.29) is 0 Å². The molecule has 23 heavy (non-hydrogen) atoms. The molecular weight excluding hydrogens is 333 g/mol. The molecule has 0 aliphatic rings. The Bertz CT molecular complexity index is 804. The maximum Gasteiger partial charge on any atom is 0.241 e. The molecule has 0 unspecified atom stereocenters. The average Bonchev–Trinajstić information content (AvgIpc) is 2.98. The third-order valence-corrected chi connectivity index (χ3v) is 3.96. The number of aromatic nitrogens is 2. The lowest BCUT2D eigenvalue weighted by Gasteiger charge is -2.14. The highest BCUT2D eigenvalue weighted by Gasteiger charge is 2.12. The Hall–Kier alpha value is -1.88. The predicted octanol–water partition coefficient (Wildman–Crippen LogP) is 4.68. The van der Waals surface area contributed by atoms with E-state index < -0.39 is 0 Å². The SMILES string of the molecule is CN(Cc1nc(-c2cccc(Cl)c2)no1)Cc1ccccc1Cl. The summed E-state index contributed by atoms with van der Waals surface area (Å²) >= 11 is 12.2. The van der Waals surface area contributed by atoms with E-state index in [0.717, 1.165) is 16.1 Å². The minimum atomic E-state index is 0.536. The Labute approximate surface area is 144 Å². The van der Waals surface area contributed by atoms with Crippen LogP contribution in [-0.4, -0.2) is 22.1 Å². The molecule has 0 aliphatic heterocycles. The molecule has 0 saturated heterocycles. The molecule has 0 amide bonds. The van der Waals surface area contributed by atoms with Gasteiger partial charge in [0.25, 0.3) is 0 Å². The summed E-state index contributed by atoms with van der Waals surface area (Å²) in [6.07, 6.45) is 0. The fourth-order valence-electron chi connectivity index (χ4n) is 2.27. The second-order valence-corrected chi connectivity index (χ2v) is 6.13. The Morgan fingerprint density at radius 2 is 1.87 bits per heavy atom. The molecule has 0 bridgehead atoms. The van der Waals surface area contributed by atoms with Gasteiger partial charge in [-0.05, 0) is 30.8 Å². The molecule has 3 aromatic rings. The molecule has 0 radical (unpaired) electrons. The van der Waals surface area contributed by atoms with Crippen LogP contribution in [0.3, 0.4) is 0 Å². The molecular formula is C17H15Cl2N3O. The van der Waals surface area contributed by atoms with E-state index in [9.17, 15) is 0 Å². The number of halogens is 2. The van der Waals surface area contributed by atoms with Crippen molar-refractivity contribution < 1.29 is 4.52 Å². The van der Waals surface area contributed by atoms with Crippen molar-refractivity contribution in [3.63, 3.8) is 0 Å². The van der Waals surface area contributed by atoms with Gasteiger partial charge in [0.1, 0.15) is 0 Å². The largest absolute Gasteiger partial charge is 0.338 e. The molecule has 0 spiro atoms. The Morgan fingerprint density at radius 1 is 1.04 bits per heavy atom. The molecule has 0 N–H and O–H groups in total. The molecule has 1 heterocycles. The number of nitrogens with zero attached hydrogens (tertiary/aromatic N) is 3. The summed E-state index contributed by atoms with van der Waals surface area (Å²) in [5.41, 5.74) is 1.90. The second kappa shape index (κ2) is 7.13. The number of rotatable bonds is 5. The molecule has 118 valence electrons. The molecule has 0 atom stereocenters. The highest BCUT2D eigenvalue weighted by atomic mass is 35.5. The van der Waals surface area contributed by atoms with E-state index in [1.807, 2.05) is 55.6 Å². The van der Waals surface area contributed by atoms with E-state index in [2.05, 4.69) is 15.0 Å². The van der Waals surface area contributed by atoms with Crippen molar-refractivity contribution in [1.29, 1.82) is 0 Å². The average molecular weight is 348 g/mol. The summed E-state index contributed by atoms with van der Waals surface area (Å²) in [5, 5.41) is 5.41. The molecule has 0 fully saturated rings. The van der Waals surface area contributed by atoms with Crippen molar-refractivity contribution in [2.45, 2.75) is 13.1 Å². The van der Waals surface area contributed by atoms with Crippen LogP contribution in [0.4, 0.5) is 0 Å². The van der Waals surface area contributed by atoms with Crippen LogP contribution in [0.2, 0.25) is 10.0 Å². The van der Waals surface area contributed by atoms with Crippen LogP contribution in [0.15, 0.2) is 53.1 Å². The normalized spacial score (nSPS) is 11.1. The zero-order chi connectivity index (χ0) is 16.2. The Balaban J connectivity index is 1.68. The molecule has 4 nitrogen and oxygen atoms in total. The molecule has 6 heteroatoms. The number of hydrogen-bond donors (Lipinski definition) is 0. The zero-order valence-corrected chi connectivity index (χ0v) is 14.1. The van der Waals surface area contributed by atoms with E-state index in [1.54, 1.807) is 0 Å². The van der Waals surface area contributed by atoms with Crippen molar-refractivity contribution in [3.05, 3.63) is 70.0 Å². The smallest absolute Gasteiger partial charge is 0.241 e. The summed E-state index contributed by atoms with van der Waals surface area (Å²) in [5.74, 6) is 1.09. The summed E-state index contributed by atoms with van der Waals surface area (Å²) in [4.78, 5) is 6.48. The lowest BCUT2D eigenvalue weighted by atomic mass is 10.2. The first-order chi connectivity index (χ1) is 11.1. The standard InChI is InChI=1S/C17H15Cl2N3O/c1-22(10-13-5-2-3-8-15(13)19)11-16-20-17(21-23-16)12-6-4-7-14(18)9-12/h2-9H,10-11H2,1H3. The van der Waals surface area contributed by atoms with Gasteiger partial charge in [0.15, 0.2) is 0 Å². The second-order valence-electron chi connectivity index (χ2n) is 5.29. The minimum Gasteiger partial charge on any atom is -0.338 e. The van der Waals surface area contributed by atoms with Crippen LogP contribution >= 0.6 is 23.2 Å². The van der Waals surface area contributed by atoms with E-state index in [1.165, 1.54) is 0 Å². The quantitative estimate of drug-likeness (QED) is 0.672. The zero-order valence-electron chi connectivity index (χ0n) is 12.5. The van der Waals surface area contributed by atoms with E-state index in [4.69, 9.17) is 27.7 Å². The molecule has 0 aliphatic carbocycles. The maximum absolute atomic E-state index is 6.18. The third kappa shape index (κ3) is 4.10. The molecule has 0 saturated carbocycles. The first-order valence-electron chi connectivity index (χ1n) is 7.12. The maximum atomic E-state index is 6.18. The lowest BCUT2D eigenvalue weighted by Crippen LogP contribution is -2.17. The minimum absolute atomic E-state index is 0.536. The first kappa shape index (κ1) is 16.0. The Morgan fingerprint density at radius 3 is 2.65 bits per heavy atom. The highest BCUT2D eigenvalue weighted by Crippen LogP contribution is 2.21. The van der Waals surface area contributed by atoms with Crippen LogP contribution in [0.25, 0.3) is 11.4 Å². The van der Waals surface area contributed by atoms with Crippen LogP contribution in [0.1, 0.15) is 11.5 Å². The first-order valence-corrected chi connectivity index (χ1v) is 7.88. The van der Waals surface area contributed by atoms with Gasteiger partial charge in [-0.1, -0.05) is 58.7 Å². The highest BCUT2D eigenvalue weighted by molar-refractivity contribution is 6.31. The van der Waals surface area contributed by atoms with Gasteiger partial charge in [0, 0.05) is 22.2 Å². The van der Waals surface area contributed by atoms with Gasteiger partial charge in [-0.15, -0.1) is 0 Å². The lowest BCUT2D eigenvalue weighted by molar-refractivity contribution is 0.261. The van der Waals surface area contributed by atoms with Crippen molar-refractivity contribution in [3.8, 4) is 11.4 Å². The fraction of sp³-hybridized carbons (Fsp3) is 0.176. The van der Waals surface area contributed by atoms with Crippen molar-refractivity contribution >= 4 is 23.2 Å². The van der Waals surface area contributed by atoms with Crippen molar-refractivity contribution in [2.24, 2.45) is 0 Å². The number of benzene rings is 2. The van der Waals surface area contributed by atoms with Gasteiger partial charge in [-0.25, -0.2) is 0 Å². The van der Waals surface area contributed by atoms with Gasteiger partial charge in [-0.3, -0.25) is 4.90 Å².